The van der Waals surface area contributed by atoms with Gasteiger partial charge in [-0.25, -0.2) is 0 Å². The Hall–Kier alpha value is -2.59. The number of methoxy groups -OCH3 is 1. The van der Waals surface area contributed by atoms with Crippen molar-refractivity contribution < 1.29 is 33.3 Å². The molecule has 0 saturated carbocycles. The summed E-state index contributed by atoms with van der Waals surface area (Å²) < 4.78 is 27.8. The number of carbonyl (C=O) groups is 2. The lowest BCUT2D eigenvalue weighted by atomic mass is 9.98. The van der Waals surface area contributed by atoms with Crippen LogP contribution in [0.1, 0.15) is 43.9 Å². The number of halogens is 2. The second-order valence-corrected chi connectivity index (χ2v) is 9.03. The van der Waals surface area contributed by atoms with Gasteiger partial charge in [0, 0.05) is 35.6 Å². The van der Waals surface area contributed by atoms with E-state index >= 15 is 0 Å². The molecule has 0 aliphatic carbocycles. The second-order valence-electron chi connectivity index (χ2n) is 7.78. The molecule has 36 heavy (non-hydrogen) atoms. The van der Waals surface area contributed by atoms with Crippen molar-refractivity contribution in [1.82, 2.24) is 0 Å². The molecule has 11 heteroatoms. The molecule has 0 spiro atoms. The summed E-state index contributed by atoms with van der Waals surface area (Å²) >= 11 is 18.7. The van der Waals surface area contributed by atoms with Gasteiger partial charge in [0.15, 0.2) is 0 Å². The van der Waals surface area contributed by atoms with Crippen LogP contribution in [0.15, 0.2) is 30.3 Å². The molecular weight excluding hydrogens is 529 g/mol. The van der Waals surface area contributed by atoms with Crippen LogP contribution in [0.3, 0.4) is 0 Å². The number of hydrogen-bond donors (Lipinski definition) is 1. The van der Waals surface area contributed by atoms with Crippen molar-refractivity contribution in [2.24, 2.45) is 0 Å². The molecule has 0 fully saturated rings. The molecule has 2 aromatic rings. The molecule has 3 rings (SSSR count). The number of nitrogens with one attached hydrogen (secondary N) is 1. The Morgan fingerprint density at radius 1 is 1.11 bits per heavy atom. The van der Waals surface area contributed by atoms with Gasteiger partial charge in [0.2, 0.25) is 0 Å². The Balaban J connectivity index is 2.03. The molecule has 0 saturated heterocycles. The van der Waals surface area contributed by atoms with E-state index in [2.05, 4.69) is 5.32 Å². The first-order valence-corrected chi connectivity index (χ1v) is 12.5. The lowest BCUT2D eigenvalue weighted by Crippen LogP contribution is -2.31. The molecule has 194 valence electrons. The van der Waals surface area contributed by atoms with Crippen LogP contribution in [0.25, 0.3) is 0 Å². The number of benzene rings is 2. The zero-order valence-electron chi connectivity index (χ0n) is 20.1. The maximum Gasteiger partial charge on any atom is 0.308 e. The molecule has 0 amide bonds. The van der Waals surface area contributed by atoms with E-state index in [4.69, 9.17) is 59.1 Å². The Kier molecular flexibility index (Phi) is 10.2. The van der Waals surface area contributed by atoms with Gasteiger partial charge in [-0.3, -0.25) is 9.59 Å². The molecule has 2 atom stereocenters. The smallest absolute Gasteiger partial charge is 0.308 e. The topological polar surface area (TPSA) is 92.3 Å². The average Bonchev–Trinajstić information content (AvgIpc) is 2.95. The van der Waals surface area contributed by atoms with Gasteiger partial charge >= 0.3 is 11.9 Å². The number of carbonyl (C=O) groups excluding carboxylic acids is 2. The summed E-state index contributed by atoms with van der Waals surface area (Å²) in [5, 5.41) is 3.92. The van der Waals surface area contributed by atoms with E-state index in [0.29, 0.717) is 44.8 Å². The number of thiocarbonyl (C=S) groups is 1. The van der Waals surface area contributed by atoms with Crippen molar-refractivity contribution in [3.63, 3.8) is 0 Å². The van der Waals surface area contributed by atoms with Crippen LogP contribution >= 0.6 is 35.4 Å². The standard InChI is InChI=1S/C25H27Cl2NO7S/c1-4-32-21(30)13-20-25(36)28-23-17(24(35-20)16-7-5-8-18(31-3)22(16)27)11-15(26)12-19(23)34-10-6-9-33-14(2)29/h5,7-8,11-12,20,24H,4,6,9-10,13H2,1-3H3,(H,28,36). The van der Waals surface area contributed by atoms with Crippen molar-refractivity contribution in [1.29, 1.82) is 0 Å². The van der Waals surface area contributed by atoms with Crippen LogP contribution in [0, 0.1) is 0 Å². The lowest BCUT2D eigenvalue weighted by molar-refractivity contribution is -0.145. The minimum absolute atomic E-state index is 0.0991. The molecule has 2 unspecified atom stereocenters. The highest BCUT2D eigenvalue weighted by molar-refractivity contribution is 7.80. The normalized spacial score (nSPS) is 16.9. The summed E-state index contributed by atoms with van der Waals surface area (Å²) in [6, 6.07) is 8.70. The second kappa shape index (κ2) is 13.1. The molecule has 0 radical (unpaired) electrons. The van der Waals surface area contributed by atoms with E-state index in [-0.39, 0.29) is 37.2 Å². The maximum absolute atomic E-state index is 12.3. The third kappa shape index (κ3) is 7.00. The molecule has 1 aliphatic heterocycles. The summed E-state index contributed by atoms with van der Waals surface area (Å²) in [7, 11) is 1.52. The first-order valence-electron chi connectivity index (χ1n) is 11.3. The fraction of sp³-hybridized carbons (Fsp3) is 0.400. The molecular formula is C25H27Cl2NO7S. The monoisotopic (exact) mass is 555 g/mol. The molecule has 2 aromatic carbocycles. The van der Waals surface area contributed by atoms with E-state index in [1.807, 2.05) is 0 Å². The fourth-order valence-electron chi connectivity index (χ4n) is 3.66. The van der Waals surface area contributed by atoms with Gasteiger partial charge in [-0.2, -0.15) is 0 Å². The number of ether oxygens (including phenoxy) is 5. The van der Waals surface area contributed by atoms with Crippen LogP contribution in [-0.4, -0.2) is 50.0 Å². The molecule has 0 bridgehead atoms. The third-order valence-electron chi connectivity index (χ3n) is 5.23. The zero-order valence-corrected chi connectivity index (χ0v) is 22.4. The molecule has 1 aliphatic rings. The van der Waals surface area contributed by atoms with Crippen molar-refractivity contribution in [3.05, 3.63) is 51.5 Å². The van der Waals surface area contributed by atoms with Crippen LogP contribution in [0.4, 0.5) is 5.69 Å². The van der Waals surface area contributed by atoms with Gasteiger partial charge in [0.05, 0.1) is 44.1 Å². The number of esters is 2. The number of hydrogen-bond acceptors (Lipinski definition) is 8. The molecule has 8 nitrogen and oxygen atoms in total. The first-order chi connectivity index (χ1) is 17.2. The lowest BCUT2D eigenvalue weighted by Gasteiger charge is -2.24. The van der Waals surface area contributed by atoms with Gasteiger partial charge in [-0.15, -0.1) is 0 Å². The minimum atomic E-state index is -0.811. The van der Waals surface area contributed by atoms with Crippen LogP contribution in [0.2, 0.25) is 10.0 Å². The number of anilines is 1. The van der Waals surface area contributed by atoms with Crippen LogP contribution < -0.4 is 14.8 Å². The predicted octanol–water partition coefficient (Wildman–Crippen LogP) is 5.51. The van der Waals surface area contributed by atoms with E-state index in [9.17, 15) is 9.59 Å². The van der Waals surface area contributed by atoms with Crippen molar-refractivity contribution in [3.8, 4) is 11.5 Å². The van der Waals surface area contributed by atoms with Gasteiger partial charge in [0.25, 0.3) is 0 Å². The molecule has 1 heterocycles. The highest BCUT2D eigenvalue weighted by Crippen LogP contribution is 2.45. The number of fused-ring (bicyclic) bond motifs is 1. The molecule has 1 N–H and O–H groups in total. The van der Waals surface area contributed by atoms with Crippen molar-refractivity contribution in [2.45, 2.75) is 38.9 Å². The van der Waals surface area contributed by atoms with Crippen molar-refractivity contribution >= 4 is 58.0 Å². The summed E-state index contributed by atoms with van der Waals surface area (Å²) in [4.78, 5) is 23.6. The summed E-state index contributed by atoms with van der Waals surface area (Å²) in [5.74, 6) is 0.0756. The third-order valence-corrected chi connectivity index (χ3v) is 6.21. The highest BCUT2D eigenvalue weighted by Gasteiger charge is 2.34. The predicted molar refractivity (Wildman–Crippen MR) is 140 cm³/mol. The van der Waals surface area contributed by atoms with E-state index in [1.165, 1.54) is 14.0 Å². The largest absolute Gasteiger partial charge is 0.495 e. The highest BCUT2D eigenvalue weighted by atomic mass is 35.5. The van der Waals surface area contributed by atoms with E-state index in [0.717, 1.165) is 0 Å². The average molecular weight is 556 g/mol. The van der Waals surface area contributed by atoms with Gasteiger partial charge in [0.1, 0.15) is 28.7 Å². The summed E-state index contributed by atoms with van der Waals surface area (Å²) in [5.41, 5.74) is 1.74. The Bertz CT molecular complexity index is 1130. The van der Waals surface area contributed by atoms with E-state index < -0.39 is 18.2 Å². The number of rotatable bonds is 10. The summed E-state index contributed by atoms with van der Waals surface area (Å²) in [6.07, 6.45) is -1.21. The van der Waals surface area contributed by atoms with Crippen molar-refractivity contribution in [2.75, 3.05) is 32.2 Å². The maximum atomic E-state index is 12.3. The Morgan fingerprint density at radius 3 is 2.58 bits per heavy atom. The Morgan fingerprint density at radius 2 is 1.89 bits per heavy atom. The van der Waals surface area contributed by atoms with Gasteiger partial charge in [-0.1, -0.05) is 47.6 Å². The van der Waals surface area contributed by atoms with Gasteiger partial charge < -0.3 is 29.0 Å². The molecule has 0 aromatic heterocycles. The fourth-order valence-corrected chi connectivity index (χ4v) is 4.42. The van der Waals surface area contributed by atoms with E-state index in [1.54, 1.807) is 37.3 Å². The van der Waals surface area contributed by atoms with Crippen LogP contribution in [0.5, 0.6) is 11.5 Å². The zero-order chi connectivity index (χ0) is 26.2. The minimum Gasteiger partial charge on any atom is -0.495 e. The van der Waals surface area contributed by atoms with Gasteiger partial charge in [-0.05, 0) is 19.1 Å². The Labute approximate surface area is 225 Å². The first kappa shape index (κ1) is 28.0. The SMILES string of the molecule is CCOC(=O)CC1OC(c2cccc(OC)c2Cl)c2cc(Cl)cc(OCCCOC(C)=O)c2NC1=S. The quantitative estimate of drug-likeness (QED) is 0.231. The summed E-state index contributed by atoms with van der Waals surface area (Å²) in [6.45, 7) is 3.78. The van der Waals surface area contributed by atoms with Crippen LogP contribution in [-0.2, 0) is 23.8 Å².